The van der Waals surface area contributed by atoms with Gasteiger partial charge in [0.2, 0.25) is 0 Å². The van der Waals surface area contributed by atoms with Crippen LogP contribution in [0.5, 0.6) is 5.75 Å². The van der Waals surface area contributed by atoms with E-state index in [1.54, 1.807) is 0 Å². The van der Waals surface area contributed by atoms with Gasteiger partial charge in [0.15, 0.2) is 6.61 Å². The minimum atomic E-state index is 0.0708. The normalized spacial score (nSPS) is 9.68. The van der Waals surface area contributed by atoms with Crippen molar-refractivity contribution in [3.63, 3.8) is 0 Å². The van der Waals surface area contributed by atoms with Gasteiger partial charge in [-0.1, -0.05) is 35.9 Å². The van der Waals surface area contributed by atoms with E-state index in [9.17, 15) is 0 Å². The highest BCUT2D eigenvalue weighted by Gasteiger charge is 1.97. The van der Waals surface area contributed by atoms with Crippen LogP contribution in [-0.4, -0.2) is 6.61 Å². The molecule has 0 aliphatic carbocycles. The maximum atomic E-state index is 8.48. The molecule has 0 saturated heterocycles. The van der Waals surface area contributed by atoms with Crippen LogP contribution in [0.1, 0.15) is 11.1 Å². The number of aryl methyl sites for hydroxylation is 1. The van der Waals surface area contributed by atoms with E-state index < -0.39 is 0 Å². The molecule has 2 aromatic carbocycles. The van der Waals surface area contributed by atoms with E-state index in [0.29, 0.717) is 5.75 Å². The third kappa shape index (κ3) is 4.04. The highest BCUT2D eigenvalue weighted by molar-refractivity contribution is 5.48. The molecule has 3 heteroatoms. The molecule has 0 aromatic heterocycles. The first-order valence-corrected chi connectivity index (χ1v) is 6.17. The predicted molar refractivity (Wildman–Crippen MR) is 76.1 cm³/mol. The Kier molecular flexibility index (Phi) is 4.41. The number of nitrogens with zero attached hydrogens (tertiary/aromatic N) is 1. The molecule has 19 heavy (non-hydrogen) atoms. The molecular weight excluding hydrogens is 236 g/mol. The summed E-state index contributed by atoms with van der Waals surface area (Å²) in [4.78, 5) is 0. The van der Waals surface area contributed by atoms with Crippen LogP contribution in [0.2, 0.25) is 0 Å². The van der Waals surface area contributed by atoms with Gasteiger partial charge in [0.1, 0.15) is 11.8 Å². The predicted octanol–water partition coefficient (Wildman–Crippen LogP) is 3.51. The van der Waals surface area contributed by atoms with Crippen LogP contribution < -0.4 is 10.1 Å². The number of nitrogens with one attached hydrogen (secondary N) is 1. The Bertz CT molecular complexity index is 570. The Balaban J connectivity index is 1.95. The molecule has 0 bridgehead atoms. The molecule has 0 aliphatic heterocycles. The summed E-state index contributed by atoms with van der Waals surface area (Å²) in [6.07, 6.45) is 0. The second-order valence-corrected chi connectivity index (χ2v) is 4.31. The molecule has 0 aliphatic rings. The highest BCUT2D eigenvalue weighted by Crippen LogP contribution is 2.18. The van der Waals surface area contributed by atoms with E-state index in [1.807, 2.05) is 30.3 Å². The van der Waals surface area contributed by atoms with Gasteiger partial charge in [0, 0.05) is 18.3 Å². The largest absolute Gasteiger partial charge is 0.479 e. The average Bonchev–Trinajstić information content (AvgIpc) is 2.45. The van der Waals surface area contributed by atoms with Crippen molar-refractivity contribution in [2.75, 3.05) is 11.9 Å². The third-order valence-electron chi connectivity index (χ3n) is 2.75. The standard InChI is InChI=1S/C16H16N2O/c1-13-5-7-14(8-6-13)12-18-15-3-2-4-16(11-15)19-10-9-17/h2-8,11,18H,10,12H2,1H3. The Hall–Kier alpha value is -2.47. The molecule has 3 nitrogen and oxygen atoms in total. The van der Waals surface area contributed by atoms with Crippen molar-refractivity contribution >= 4 is 5.69 Å². The molecule has 1 N–H and O–H groups in total. The van der Waals surface area contributed by atoms with Crippen LogP contribution in [0.4, 0.5) is 5.69 Å². The van der Waals surface area contributed by atoms with Crippen LogP contribution in [0.3, 0.4) is 0 Å². The topological polar surface area (TPSA) is 45.0 Å². The second kappa shape index (κ2) is 6.46. The summed E-state index contributed by atoms with van der Waals surface area (Å²) in [5, 5.41) is 11.8. The molecule has 0 unspecified atom stereocenters. The summed E-state index contributed by atoms with van der Waals surface area (Å²) >= 11 is 0. The first-order valence-electron chi connectivity index (χ1n) is 6.17. The van der Waals surface area contributed by atoms with Crippen molar-refractivity contribution < 1.29 is 4.74 Å². The monoisotopic (exact) mass is 252 g/mol. The van der Waals surface area contributed by atoms with Gasteiger partial charge < -0.3 is 10.1 Å². The summed E-state index contributed by atoms with van der Waals surface area (Å²) in [6, 6.07) is 18.0. The zero-order valence-corrected chi connectivity index (χ0v) is 10.9. The maximum Gasteiger partial charge on any atom is 0.174 e. The van der Waals surface area contributed by atoms with Gasteiger partial charge in [0.05, 0.1) is 0 Å². The van der Waals surface area contributed by atoms with Gasteiger partial charge in [-0.3, -0.25) is 0 Å². The lowest BCUT2D eigenvalue weighted by atomic mass is 10.1. The van der Waals surface area contributed by atoms with E-state index in [2.05, 4.69) is 36.5 Å². The van der Waals surface area contributed by atoms with Gasteiger partial charge in [-0.15, -0.1) is 0 Å². The molecule has 0 saturated carbocycles. The van der Waals surface area contributed by atoms with E-state index in [0.717, 1.165) is 12.2 Å². The summed E-state index contributed by atoms with van der Waals surface area (Å²) in [5.74, 6) is 0.704. The van der Waals surface area contributed by atoms with Crippen LogP contribution in [0.15, 0.2) is 48.5 Å². The van der Waals surface area contributed by atoms with Gasteiger partial charge >= 0.3 is 0 Å². The first-order chi connectivity index (χ1) is 9.28. The molecular formula is C16H16N2O. The number of ether oxygens (including phenoxy) is 1. The minimum Gasteiger partial charge on any atom is -0.479 e. The fourth-order valence-corrected chi connectivity index (χ4v) is 1.72. The van der Waals surface area contributed by atoms with Crippen molar-refractivity contribution in [1.82, 2.24) is 0 Å². The van der Waals surface area contributed by atoms with E-state index >= 15 is 0 Å². The van der Waals surface area contributed by atoms with E-state index in [1.165, 1.54) is 11.1 Å². The van der Waals surface area contributed by atoms with Crippen molar-refractivity contribution in [3.05, 3.63) is 59.7 Å². The smallest absolute Gasteiger partial charge is 0.174 e. The molecule has 96 valence electrons. The minimum absolute atomic E-state index is 0.0708. The number of hydrogen-bond acceptors (Lipinski definition) is 3. The van der Waals surface area contributed by atoms with Crippen LogP contribution in [0, 0.1) is 18.3 Å². The summed E-state index contributed by atoms with van der Waals surface area (Å²) in [5.41, 5.74) is 3.47. The van der Waals surface area contributed by atoms with Gasteiger partial charge in [0.25, 0.3) is 0 Å². The van der Waals surface area contributed by atoms with Gasteiger partial charge in [-0.2, -0.15) is 5.26 Å². The summed E-state index contributed by atoms with van der Waals surface area (Å²) in [6.45, 7) is 2.91. The maximum absolute atomic E-state index is 8.48. The Labute approximate surface area is 113 Å². The fraction of sp³-hybridized carbons (Fsp3) is 0.188. The molecule has 0 heterocycles. The quantitative estimate of drug-likeness (QED) is 0.885. The number of anilines is 1. The molecule has 0 fully saturated rings. The Morgan fingerprint density at radius 2 is 1.95 bits per heavy atom. The van der Waals surface area contributed by atoms with E-state index in [-0.39, 0.29) is 6.61 Å². The molecule has 2 rings (SSSR count). The molecule has 0 atom stereocenters. The second-order valence-electron chi connectivity index (χ2n) is 4.31. The van der Waals surface area contributed by atoms with Crippen molar-refractivity contribution in [1.29, 1.82) is 5.26 Å². The highest BCUT2D eigenvalue weighted by atomic mass is 16.5. The lowest BCUT2D eigenvalue weighted by Gasteiger charge is -2.08. The van der Waals surface area contributed by atoms with Gasteiger partial charge in [-0.25, -0.2) is 0 Å². The number of nitriles is 1. The zero-order chi connectivity index (χ0) is 13.5. The van der Waals surface area contributed by atoms with Crippen LogP contribution >= 0.6 is 0 Å². The number of rotatable bonds is 5. The van der Waals surface area contributed by atoms with Crippen molar-refractivity contribution in [2.45, 2.75) is 13.5 Å². The number of benzene rings is 2. The first kappa shape index (κ1) is 13.0. The third-order valence-corrected chi connectivity index (χ3v) is 2.75. The molecule has 0 radical (unpaired) electrons. The lowest BCUT2D eigenvalue weighted by Crippen LogP contribution is -2.00. The van der Waals surface area contributed by atoms with Gasteiger partial charge in [-0.05, 0) is 24.6 Å². The molecule has 2 aromatic rings. The SMILES string of the molecule is Cc1ccc(CNc2cccc(OCC#N)c2)cc1. The zero-order valence-electron chi connectivity index (χ0n) is 10.9. The van der Waals surface area contributed by atoms with Crippen LogP contribution in [0.25, 0.3) is 0 Å². The van der Waals surface area contributed by atoms with E-state index in [4.69, 9.17) is 10.00 Å². The lowest BCUT2D eigenvalue weighted by molar-refractivity contribution is 0.368. The van der Waals surface area contributed by atoms with Crippen LogP contribution in [-0.2, 0) is 6.54 Å². The molecule has 0 spiro atoms. The summed E-state index contributed by atoms with van der Waals surface area (Å²) in [7, 11) is 0. The Morgan fingerprint density at radius 3 is 2.68 bits per heavy atom. The average molecular weight is 252 g/mol. The fourth-order valence-electron chi connectivity index (χ4n) is 1.72. The summed E-state index contributed by atoms with van der Waals surface area (Å²) < 4.78 is 5.26. The number of hydrogen-bond donors (Lipinski definition) is 1. The van der Waals surface area contributed by atoms with Crippen molar-refractivity contribution in [3.8, 4) is 11.8 Å². The molecule has 0 amide bonds. The van der Waals surface area contributed by atoms with Crippen molar-refractivity contribution in [2.24, 2.45) is 0 Å². The Morgan fingerprint density at radius 1 is 1.16 bits per heavy atom.